The van der Waals surface area contributed by atoms with Crippen molar-refractivity contribution in [2.24, 2.45) is 5.41 Å². The average molecular weight is 667 g/mol. The molecule has 5 fully saturated rings. The molecule has 3 unspecified atom stereocenters. The first kappa shape index (κ1) is 28.5. The molecule has 10 nitrogen and oxygen atoms in total. The fourth-order valence-corrected chi connectivity index (χ4v) is 10.4. The molecule has 2 aromatic carbocycles. The van der Waals surface area contributed by atoms with E-state index in [0.717, 1.165) is 38.6 Å². The van der Waals surface area contributed by atoms with E-state index in [2.05, 4.69) is 15.1 Å². The van der Waals surface area contributed by atoms with Gasteiger partial charge in [0.2, 0.25) is 0 Å². The van der Waals surface area contributed by atoms with Gasteiger partial charge in [-0.2, -0.15) is 9.97 Å². The van der Waals surface area contributed by atoms with Gasteiger partial charge in [0, 0.05) is 67.1 Å². The van der Waals surface area contributed by atoms with Crippen LogP contribution in [0.3, 0.4) is 0 Å². The van der Waals surface area contributed by atoms with Crippen LogP contribution in [0, 0.1) is 11.2 Å². The predicted octanol–water partition coefficient (Wildman–Crippen LogP) is 5.26. The normalized spacial score (nSPS) is 29.6. The molecule has 5 aromatic rings. The highest BCUT2D eigenvalue weighted by Gasteiger charge is 2.62. The molecule has 49 heavy (non-hydrogen) atoms. The van der Waals surface area contributed by atoms with Crippen LogP contribution < -0.4 is 20.5 Å². The monoisotopic (exact) mass is 666 g/mol. The molecule has 11 rings (SSSR count). The second kappa shape index (κ2) is 9.69. The molecule has 4 saturated heterocycles. The number of anilines is 1. The summed E-state index contributed by atoms with van der Waals surface area (Å²) < 4.78 is 46.0. The van der Waals surface area contributed by atoms with E-state index in [1.165, 1.54) is 6.07 Å². The summed E-state index contributed by atoms with van der Waals surface area (Å²) in [7, 11) is 0. The molecule has 6 aliphatic rings. The zero-order valence-corrected chi connectivity index (χ0v) is 26.9. The topological polar surface area (TPSA) is 109 Å². The Kier molecular flexibility index (Phi) is 5.64. The number of benzene rings is 2. The Labute approximate surface area is 279 Å². The summed E-state index contributed by atoms with van der Waals surface area (Å²) in [4.78, 5) is 28.8. The van der Waals surface area contributed by atoms with E-state index < -0.39 is 23.1 Å². The van der Waals surface area contributed by atoms with Gasteiger partial charge in [-0.15, -0.1) is 0 Å². The van der Waals surface area contributed by atoms with Crippen molar-refractivity contribution in [2.45, 2.75) is 81.3 Å². The first-order valence-corrected chi connectivity index (χ1v) is 17.6. The van der Waals surface area contributed by atoms with Crippen LogP contribution >= 0.6 is 0 Å². The minimum atomic E-state index is -0.910. The van der Waals surface area contributed by atoms with Crippen molar-refractivity contribution in [3.05, 3.63) is 52.8 Å². The number of pyridine rings is 1. The molecular formula is C37H36F2N6O4. The van der Waals surface area contributed by atoms with Crippen molar-refractivity contribution in [1.82, 2.24) is 24.8 Å². The fourth-order valence-electron chi connectivity index (χ4n) is 10.4. The maximum Gasteiger partial charge on any atom is 0.319 e. The minimum Gasteiger partial charge on any atom is -0.508 e. The number of aromatic nitrogens is 3. The van der Waals surface area contributed by atoms with Crippen molar-refractivity contribution in [3.63, 3.8) is 0 Å². The van der Waals surface area contributed by atoms with Crippen LogP contribution in [-0.4, -0.2) is 80.6 Å². The maximum atomic E-state index is 17.4. The molecular weight excluding hydrogens is 630 g/mol. The van der Waals surface area contributed by atoms with Gasteiger partial charge in [0.15, 0.2) is 11.6 Å². The third kappa shape index (κ3) is 4.01. The molecule has 12 heteroatoms. The van der Waals surface area contributed by atoms with Gasteiger partial charge in [-0.05, 0) is 73.6 Å². The van der Waals surface area contributed by atoms with Crippen LogP contribution in [0.25, 0.3) is 43.9 Å². The standard InChI is InChI=1S/C37H36F2N6O4/c38-20-13-37(16-36(7-8-36)17-43(37)14-20)18-49-35-41-31-30(39)29(24-12-22(46)11-19-1-4-27-23(28(19)24)6-10-48-27)34(47)44-9-5-26-25-3-2-21(40-25)15-45(26)33(42-35)32(31)44/h1,4,6,10-12,20-21,25-26,40,46H,2-3,5,7-9,13-18H2/t20-,21?,25?,26?,37-/m1/s1. The summed E-state index contributed by atoms with van der Waals surface area (Å²) >= 11 is 0. The van der Waals surface area contributed by atoms with E-state index in [1.54, 1.807) is 35.1 Å². The lowest BCUT2D eigenvalue weighted by atomic mass is 9.89. The number of nitrogens with one attached hydrogen (secondary N) is 1. The molecule has 5 atom stereocenters. The number of phenols is 1. The number of hydrogen-bond donors (Lipinski definition) is 2. The van der Waals surface area contributed by atoms with Crippen molar-refractivity contribution >= 4 is 38.6 Å². The third-order valence-corrected chi connectivity index (χ3v) is 12.6. The Morgan fingerprint density at radius 1 is 1.12 bits per heavy atom. The fraction of sp³-hybridized carbons (Fsp3) is 0.486. The van der Waals surface area contributed by atoms with E-state index in [1.807, 2.05) is 0 Å². The number of hydrogen-bond acceptors (Lipinski definition) is 9. The first-order valence-electron chi connectivity index (χ1n) is 17.6. The van der Waals surface area contributed by atoms with Gasteiger partial charge in [0.25, 0.3) is 5.56 Å². The number of phenolic OH excluding ortho intramolecular Hbond substituents is 1. The number of fused-ring (bicyclic) bond motifs is 9. The Hall–Kier alpha value is -4.29. The average Bonchev–Trinajstić information content (AvgIpc) is 3.32. The number of alkyl halides is 1. The number of aromatic hydroxyl groups is 1. The van der Waals surface area contributed by atoms with Crippen molar-refractivity contribution in [3.8, 4) is 22.9 Å². The second-order valence-electron chi connectivity index (χ2n) is 15.6. The third-order valence-electron chi connectivity index (χ3n) is 12.6. The van der Waals surface area contributed by atoms with Crippen LogP contribution in [0.1, 0.15) is 44.9 Å². The van der Waals surface area contributed by atoms with Crippen molar-refractivity contribution in [1.29, 1.82) is 0 Å². The van der Waals surface area contributed by atoms with Gasteiger partial charge in [-0.25, -0.2) is 8.78 Å². The highest BCUT2D eigenvalue weighted by molar-refractivity contribution is 6.14. The molecule has 0 amide bonds. The molecule has 2 bridgehead atoms. The van der Waals surface area contributed by atoms with E-state index >= 15 is 4.39 Å². The smallest absolute Gasteiger partial charge is 0.319 e. The molecule has 1 aliphatic carbocycles. The molecule has 1 saturated carbocycles. The van der Waals surface area contributed by atoms with Crippen LogP contribution in [0.4, 0.5) is 14.6 Å². The van der Waals surface area contributed by atoms with Gasteiger partial charge in [-0.1, -0.05) is 6.07 Å². The Balaban J connectivity index is 1.12. The number of ether oxygens (including phenoxy) is 1. The maximum absolute atomic E-state index is 17.4. The quantitative estimate of drug-likeness (QED) is 0.266. The molecule has 5 aliphatic heterocycles. The number of furan rings is 1. The molecule has 1 spiro atoms. The zero-order valence-electron chi connectivity index (χ0n) is 26.9. The predicted molar refractivity (Wildman–Crippen MR) is 179 cm³/mol. The van der Waals surface area contributed by atoms with Crippen LogP contribution in [-0.2, 0) is 6.54 Å². The minimum absolute atomic E-state index is 0.00576. The van der Waals surface area contributed by atoms with Crippen molar-refractivity contribution in [2.75, 3.05) is 31.1 Å². The number of aryl methyl sites for hydroxylation is 1. The van der Waals surface area contributed by atoms with E-state index in [0.29, 0.717) is 65.6 Å². The Bertz CT molecular complexity index is 2300. The van der Waals surface area contributed by atoms with Gasteiger partial charge in [0.1, 0.15) is 35.1 Å². The van der Waals surface area contributed by atoms with Gasteiger partial charge in [0.05, 0.1) is 17.4 Å². The van der Waals surface area contributed by atoms with Gasteiger partial charge in [-0.3, -0.25) is 9.69 Å². The lowest BCUT2D eigenvalue weighted by molar-refractivity contribution is 0.107. The van der Waals surface area contributed by atoms with E-state index in [4.69, 9.17) is 19.1 Å². The summed E-state index contributed by atoms with van der Waals surface area (Å²) in [5.41, 5.74) is 0.400. The van der Waals surface area contributed by atoms with Crippen LogP contribution in [0.15, 0.2) is 45.8 Å². The summed E-state index contributed by atoms with van der Waals surface area (Å²) in [5.74, 6) is -0.352. The van der Waals surface area contributed by atoms with E-state index in [9.17, 15) is 14.3 Å². The summed E-state index contributed by atoms with van der Waals surface area (Å²) in [6.45, 7) is 2.56. The lowest BCUT2D eigenvalue weighted by Gasteiger charge is -2.41. The second-order valence-corrected chi connectivity index (χ2v) is 15.6. The van der Waals surface area contributed by atoms with Crippen LogP contribution in [0.2, 0.25) is 0 Å². The molecule has 3 aromatic heterocycles. The van der Waals surface area contributed by atoms with Gasteiger partial charge >= 0.3 is 6.01 Å². The molecule has 252 valence electrons. The van der Waals surface area contributed by atoms with Crippen LogP contribution in [0.5, 0.6) is 11.8 Å². The SMILES string of the molecule is O=c1c(-c2cc(O)cc3ccc4occc4c23)c(F)c2nc(OC[C@]34C[C@@H](F)CN3CC3(CC3)C4)nc3c2n1CCC1C2CCC(CN31)N2. The highest BCUT2D eigenvalue weighted by Crippen LogP contribution is 2.61. The summed E-state index contributed by atoms with van der Waals surface area (Å²) in [6.07, 6.45) is 7.00. The van der Waals surface area contributed by atoms with Gasteiger partial charge < -0.3 is 29.0 Å². The van der Waals surface area contributed by atoms with E-state index in [-0.39, 0.29) is 58.6 Å². The lowest BCUT2D eigenvalue weighted by Crippen LogP contribution is -2.58. The molecule has 8 heterocycles. The Morgan fingerprint density at radius 2 is 2.02 bits per heavy atom. The summed E-state index contributed by atoms with van der Waals surface area (Å²) in [6, 6.07) is 9.03. The first-order chi connectivity index (χ1) is 23.8. The van der Waals surface area contributed by atoms with Crippen molar-refractivity contribution < 1.29 is 23.0 Å². The number of piperazine rings is 1. The largest absolute Gasteiger partial charge is 0.508 e. The summed E-state index contributed by atoms with van der Waals surface area (Å²) in [5, 5.41) is 16.5. The number of halogens is 2. The number of rotatable bonds is 4. The molecule has 2 N–H and O–H groups in total. The molecule has 0 radical (unpaired) electrons. The number of nitrogens with zero attached hydrogens (tertiary/aromatic N) is 5. The highest BCUT2D eigenvalue weighted by atomic mass is 19.1. The zero-order chi connectivity index (χ0) is 32.8. The Morgan fingerprint density at radius 3 is 2.90 bits per heavy atom.